The topological polar surface area (TPSA) is 98.9 Å². The average molecular weight is 388 g/mol. The highest BCUT2D eigenvalue weighted by molar-refractivity contribution is 5.75. The van der Waals surface area contributed by atoms with Gasteiger partial charge in [-0.05, 0) is 52.0 Å². The minimum Gasteiger partial charge on any atom is -0.469 e. The van der Waals surface area contributed by atoms with E-state index < -0.39 is 33.9 Å². The summed E-state index contributed by atoms with van der Waals surface area (Å²) in [5.74, 6) is -0.401. The van der Waals surface area contributed by atoms with Gasteiger partial charge in [0, 0.05) is 12.5 Å². The third-order valence-corrected chi connectivity index (χ3v) is 4.84. The van der Waals surface area contributed by atoms with Gasteiger partial charge in [-0.3, -0.25) is 14.9 Å². The van der Waals surface area contributed by atoms with Gasteiger partial charge in [-0.2, -0.15) is 0 Å². The molecule has 0 radical (unpaired) electrons. The van der Waals surface area contributed by atoms with Crippen LogP contribution in [0, 0.1) is 31.8 Å². The predicted octanol–water partition coefficient (Wildman–Crippen LogP) is 4.17. The molecule has 0 rings (SSSR count). The molecule has 1 N–H and O–H groups in total. The highest BCUT2D eigenvalue weighted by atomic mass is 16.6. The van der Waals surface area contributed by atoms with E-state index >= 15 is 0 Å². The zero-order chi connectivity index (χ0) is 21.8. The summed E-state index contributed by atoms with van der Waals surface area (Å²) in [4.78, 5) is 23.5. The Kier molecular flexibility index (Phi) is 8.22. The number of hydrogen-bond acceptors (Lipinski definition) is 6. The number of methoxy groups -OCH3 is 2. The number of nitrogens with zero attached hydrogens (tertiary/aromatic N) is 1. The predicted molar refractivity (Wildman–Crippen MR) is 104 cm³/mol. The van der Waals surface area contributed by atoms with Gasteiger partial charge >= 0.3 is 5.97 Å². The van der Waals surface area contributed by atoms with Crippen LogP contribution in [-0.2, 0) is 14.3 Å². The van der Waals surface area contributed by atoms with Gasteiger partial charge in [0.2, 0.25) is 5.70 Å². The lowest BCUT2D eigenvalue weighted by atomic mass is 9.69. The van der Waals surface area contributed by atoms with Crippen molar-refractivity contribution in [1.82, 2.24) is 0 Å². The maximum absolute atomic E-state index is 12.0. The van der Waals surface area contributed by atoms with Crippen LogP contribution in [0.2, 0.25) is 0 Å². The van der Waals surface area contributed by atoms with E-state index in [0.29, 0.717) is 6.42 Å². The molecule has 7 heteroatoms. The van der Waals surface area contributed by atoms with E-state index in [4.69, 9.17) is 9.47 Å². The van der Waals surface area contributed by atoms with Crippen molar-refractivity contribution in [2.24, 2.45) is 21.7 Å². The van der Waals surface area contributed by atoms with E-state index in [1.165, 1.54) is 14.2 Å². The molecular weight excluding hydrogens is 350 g/mol. The fraction of sp³-hybridized carbons (Fsp3) is 0.850. The van der Waals surface area contributed by atoms with Crippen molar-refractivity contribution in [2.45, 2.75) is 74.5 Å². The van der Waals surface area contributed by atoms with Crippen LogP contribution in [0.3, 0.4) is 0 Å². The fourth-order valence-electron chi connectivity index (χ4n) is 4.04. The van der Waals surface area contributed by atoms with E-state index in [1.54, 1.807) is 33.8 Å². The number of aliphatic hydroxyl groups is 1. The molecule has 0 heterocycles. The molecule has 0 spiro atoms. The monoisotopic (exact) mass is 387 g/mol. The molecule has 0 saturated heterocycles. The number of hydrogen-bond donors (Lipinski definition) is 1. The van der Waals surface area contributed by atoms with E-state index in [-0.39, 0.29) is 17.0 Å². The zero-order valence-electron chi connectivity index (χ0n) is 18.5. The second-order valence-electron chi connectivity index (χ2n) is 9.96. The number of carbonyl (C=O) groups is 1. The smallest absolute Gasteiger partial charge is 0.311 e. The summed E-state index contributed by atoms with van der Waals surface area (Å²) in [6.45, 7) is 14.5. The first kappa shape index (κ1) is 25.5. The Morgan fingerprint density at radius 3 is 1.89 bits per heavy atom. The van der Waals surface area contributed by atoms with E-state index in [0.717, 1.165) is 0 Å². The molecule has 0 aliphatic heterocycles. The molecule has 7 nitrogen and oxygen atoms in total. The second-order valence-corrected chi connectivity index (χ2v) is 9.96. The van der Waals surface area contributed by atoms with Crippen LogP contribution in [0.15, 0.2) is 11.8 Å². The molecule has 158 valence electrons. The molecule has 0 saturated carbocycles. The number of aliphatic hydroxyl groups excluding tert-OH is 1. The van der Waals surface area contributed by atoms with Gasteiger partial charge in [-0.1, -0.05) is 27.7 Å². The summed E-state index contributed by atoms with van der Waals surface area (Å²) >= 11 is 0. The lowest BCUT2D eigenvalue weighted by Crippen LogP contribution is -2.37. The van der Waals surface area contributed by atoms with Crippen molar-refractivity contribution in [3.63, 3.8) is 0 Å². The Hall–Kier alpha value is -1.47. The number of esters is 1. The molecule has 0 bridgehead atoms. The van der Waals surface area contributed by atoms with Crippen molar-refractivity contribution in [2.75, 3.05) is 14.2 Å². The van der Waals surface area contributed by atoms with Crippen molar-refractivity contribution < 1.29 is 24.3 Å². The van der Waals surface area contributed by atoms with E-state index in [2.05, 4.69) is 0 Å². The lowest BCUT2D eigenvalue weighted by molar-refractivity contribution is -0.441. The van der Waals surface area contributed by atoms with Crippen LogP contribution in [0.1, 0.15) is 68.2 Å². The third kappa shape index (κ3) is 7.22. The quantitative estimate of drug-likeness (QED) is 0.261. The van der Waals surface area contributed by atoms with Crippen LogP contribution in [-0.4, -0.2) is 36.5 Å². The minimum atomic E-state index is -0.976. The highest BCUT2D eigenvalue weighted by Crippen LogP contribution is 2.44. The van der Waals surface area contributed by atoms with Crippen molar-refractivity contribution in [3.05, 3.63) is 21.9 Å². The Labute approximate surface area is 163 Å². The fourth-order valence-corrected chi connectivity index (χ4v) is 4.04. The van der Waals surface area contributed by atoms with Gasteiger partial charge in [0.15, 0.2) is 6.29 Å². The molecular formula is C20H37NO6. The Morgan fingerprint density at radius 2 is 1.52 bits per heavy atom. The number of carbonyl (C=O) groups excluding carboxylic acids is 1. The molecule has 0 fully saturated rings. The summed E-state index contributed by atoms with van der Waals surface area (Å²) in [7, 11) is 2.74. The van der Waals surface area contributed by atoms with Gasteiger partial charge < -0.3 is 14.6 Å². The molecule has 0 aliphatic rings. The zero-order valence-corrected chi connectivity index (χ0v) is 18.5. The number of ether oxygens (including phenoxy) is 2. The maximum Gasteiger partial charge on any atom is 0.311 e. The molecule has 27 heavy (non-hydrogen) atoms. The first-order chi connectivity index (χ1) is 11.9. The molecule has 0 aromatic carbocycles. The van der Waals surface area contributed by atoms with Crippen LogP contribution in [0.4, 0.5) is 0 Å². The van der Waals surface area contributed by atoms with Crippen molar-refractivity contribution in [3.8, 4) is 0 Å². The van der Waals surface area contributed by atoms with Crippen LogP contribution in [0.5, 0.6) is 0 Å². The molecule has 0 aliphatic carbocycles. The van der Waals surface area contributed by atoms with Gasteiger partial charge in [0.1, 0.15) is 0 Å². The Morgan fingerprint density at radius 1 is 1.04 bits per heavy atom. The third-order valence-electron chi connectivity index (χ3n) is 4.84. The lowest BCUT2D eigenvalue weighted by Gasteiger charge is -2.37. The summed E-state index contributed by atoms with van der Waals surface area (Å²) in [6.07, 6.45) is 1.41. The van der Waals surface area contributed by atoms with Crippen LogP contribution in [0.25, 0.3) is 0 Å². The first-order valence-electron chi connectivity index (χ1n) is 9.09. The summed E-state index contributed by atoms with van der Waals surface area (Å²) in [6, 6.07) is 0. The molecule has 0 aromatic rings. The second kappa shape index (κ2) is 8.69. The minimum absolute atomic E-state index is 0.0483. The molecule has 1 atom stereocenters. The normalized spacial score (nSPS) is 15.4. The number of rotatable bonds is 10. The number of allylic oxidation sites excluding steroid dienone is 2. The van der Waals surface area contributed by atoms with E-state index in [9.17, 15) is 20.0 Å². The van der Waals surface area contributed by atoms with Crippen LogP contribution < -0.4 is 0 Å². The van der Waals surface area contributed by atoms with Crippen molar-refractivity contribution >= 4 is 5.97 Å². The van der Waals surface area contributed by atoms with Crippen LogP contribution >= 0.6 is 0 Å². The molecule has 0 aromatic heterocycles. The first-order valence-corrected chi connectivity index (χ1v) is 9.09. The summed E-state index contributed by atoms with van der Waals surface area (Å²) in [5, 5.41) is 21.9. The summed E-state index contributed by atoms with van der Waals surface area (Å²) in [5.41, 5.74) is -2.83. The Bertz CT molecular complexity index is 575. The van der Waals surface area contributed by atoms with Gasteiger partial charge in [-0.25, -0.2) is 0 Å². The molecule has 1 unspecified atom stereocenters. The average Bonchev–Trinajstić information content (AvgIpc) is 2.48. The Balaban J connectivity index is 5.88. The number of nitro groups is 1. The standard InChI is InChI=1S/C20H37NO6/c1-17(2,12-19(5,6)15(22)26-9)11-14(21(24)25)18(3,4)13-20(7,8)16(23)27-10/h11,15,22H,12-13H2,1-10H3/b14-11-. The highest BCUT2D eigenvalue weighted by Gasteiger charge is 2.44. The van der Waals surface area contributed by atoms with Crippen molar-refractivity contribution in [1.29, 1.82) is 0 Å². The largest absolute Gasteiger partial charge is 0.469 e. The van der Waals surface area contributed by atoms with Gasteiger partial charge in [0.25, 0.3) is 0 Å². The summed E-state index contributed by atoms with van der Waals surface area (Å²) < 4.78 is 9.87. The maximum atomic E-state index is 12.0. The van der Waals surface area contributed by atoms with Gasteiger partial charge in [0.05, 0.1) is 22.9 Å². The molecule has 0 amide bonds. The van der Waals surface area contributed by atoms with Gasteiger partial charge in [-0.15, -0.1) is 0 Å². The SMILES string of the molecule is COC(=O)C(C)(C)CC(C)(C)/C(=C/C(C)(C)CC(C)(C)C(O)OC)[N+](=O)[O-]. The van der Waals surface area contributed by atoms with E-state index in [1.807, 2.05) is 27.7 Å².